The van der Waals surface area contributed by atoms with Crippen LogP contribution in [0.2, 0.25) is 0 Å². The maximum absolute atomic E-state index is 11.1. The van der Waals surface area contributed by atoms with Gasteiger partial charge in [-0.05, 0) is 19.9 Å². The summed E-state index contributed by atoms with van der Waals surface area (Å²) in [6, 6.07) is 0.267. The van der Waals surface area contributed by atoms with Gasteiger partial charge in [0.1, 0.15) is 6.04 Å². The molecule has 1 heterocycles. The molecule has 80 valence electrons. The summed E-state index contributed by atoms with van der Waals surface area (Å²) in [5.41, 5.74) is 0. The Balaban J connectivity index is 2.01. The Labute approximate surface area is 84.5 Å². The average Bonchev–Trinajstić information content (AvgIpc) is 2.04. The Kier molecular flexibility index (Phi) is 2.74. The lowest BCUT2D eigenvalue weighted by atomic mass is 9.89. The lowest BCUT2D eigenvalue weighted by Gasteiger charge is -2.45. The summed E-state index contributed by atoms with van der Waals surface area (Å²) in [4.78, 5) is 15.4. The molecule has 1 atom stereocenters. The predicted molar refractivity (Wildman–Crippen MR) is 53.3 cm³/mol. The minimum atomic E-state index is -0.663. The highest BCUT2D eigenvalue weighted by molar-refractivity contribution is 5.74. The van der Waals surface area contributed by atoms with Gasteiger partial charge in [0, 0.05) is 25.7 Å². The van der Waals surface area contributed by atoms with Crippen LogP contribution in [0.4, 0.5) is 0 Å². The first kappa shape index (κ1) is 9.93. The molecule has 4 heteroatoms. The van der Waals surface area contributed by atoms with Crippen molar-refractivity contribution in [3.05, 3.63) is 0 Å². The molecule has 2 fully saturated rings. The molecule has 0 radical (unpaired) electrons. The second kappa shape index (κ2) is 3.87. The van der Waals surface area contributed by atoms with Crippen molar-refractivity contribution >= 4 is 5.97 Å². The Hall–Kier alpha value is -0.610. The summed E-state index contributed by atoms with van der Waals surface area (Å²) in [5, 5.41) is 9.13. The van der Waals surface area contributed by atoms with Gasteiger partial charge >= 0.3 is 5.97 Å². The molecule has 0 bridgehead atoms. The number of hydrogen-bond donors (Lipinski definition) is 1. The molecule has 1 unspecified atom stereocenters. The summed E-state index contributed by atoms with van der Waals surface area (Å²) in [7, 11) is 1.99. The SMILES string of the molecule is CN1CCN(C2CCC2)C(C(=O)O)C1. The van der Waals surface area contributed by atoms with Crippen molar-refractivity contribution in [3.8, 4) is 0 Å². The summed E-state index contributed by atoms with van der Waals surface area (Å²) >= 11 is 0. The normalized spacial score (nSPS) is 31.4. The molecule has 1 N–H and O–H groups in total. The second-order valence-corrected chi connectivity index (χ2v) is 4.44. The van der Waals surface area contributed by atoms with E-state index in [9.17, 15) is 4.79 Å². The summed E-state index contributed by atoms with van der Waals surface area (Å²) in [6.45, 7) is 2.59. The number of rotatable bonds is 2. The number of carbonyl (C=O) groups is 1. The zero-order chi connectivity index (χ0) is 10.1. The lowest BCUT2D eigenvalue weighted by molar-refractivity contribution is -0.148. The van der Waals surface area contributed by atoms with Gasteiger partial charge in [-0.2, -0.15) is 0 Å². The van der Waals surface area contributed by atoms with Crippen molar-refractivity contribution < 1.29 is 9.90 Å². The van der Waals surface area contributed by atoms with Crippen LogP contribution in [-0.2, 0) is 4.79 Å². The Morgan fingerprint density at radius 1 is 1.36 bits per heavy atom. The first-order chi connectivity index (χ1) is 6.68. The Bertz CT molecular complexity index is 228. The number of aliphatic carboxylic acids is 1. The molecule has 1 saturated carbocycles. The third kappa shape index (κ3) is 1.77. The fourth-order valence-corrected chi connectivity index (χ4v) is 2.31. The predicted octanol–water partition coefficient (Wildman–Crippen LogP) is 0.239. The van der Waals surface area contributed by atoms with E-state index in [2.05, 4.69) is 9.80 Å². The van der Waals surface area contributed by atoms with Crippen LogP contribution in [0, 0.1) is 0 Å². The lowest BCUT2D eigenvalue weighted by Crippen LogP contribution is -2.59. The third-order valence-electron chi connectivity index (χ3n) is 3.45. The monoisotopic (exact) mass is 198 g/mol. The van der Waals surface area contributed by atoms with Gasteiger partial charge in [0.05, 0.1) is 0 Å². The Morgan fingerprint density at radius 2 is 2.07 bits per heavy atom. The van der Waals surface area contributed by atoms with E-state index in [1.165, 1.54) is 19.3 Å². The molecule has 0 amide bonds. The van der Waals surface area contributed by atoms with E-state index < -0.39 is 5.97 Å². The van der Waals surface area contributed by atoms with Crippen molar-refractivity contribution in [2.75, 3.05) is 26.7 Å². The van der Waals surface area contributed by atoms with Crippen LogP contribution in [0.25, 0.3) is 0 Å². The van der Waals surface area contributed by atoms with E-state index in [0.29, 0.717) is 12.6 Å². The van der Waals surface area contributed by atoms with Crippen molar-refractivity contribution in [1.82, 2.24) is 9.80 Å². The van der Waals surface area contributed by atoms with Crippen LogP contribution in [-0.4, -0.2) is 59.6 Å². The number of carboxylic acids is 1. The molecule has 1 aliphatic carbocycles. The van der Waals surface area contributed by atoms with Gasteiger partial charge in [0.25, 0.3) is 0 Å². The van der Waals surface area contributed by atoms with Gasteiger partial charge in [-0.15, -0.1) is 0 Å². The molecule has 0 aromatic rings. The molecule has 0 spiro atoms. The molecule has 0 aromatic carbocycles. The maximum Gasteiger partial charge on any atom is 0.322 e. The van der Waals surface area contributed by atoms with E-state index in [-0.39, 0.29) is 6.04 Å². The van der Waals surface area contributed by atoms with E-state index >= 15 is 0 Å². The Morgan fingerprint density at radius 3 is 2.57 bits per heavy atom. The molecule has 1 aliphatic heterocycles. The quantitative estimate of drug-likeness (QED) is 0.690. The number of hydrogen-bond acceptors (Lipinski definition) is 3. The first-order valence-corrected chi connectivity index (χ1v) is 5.35. The van der Waals surface area contributed by atoms with Crippen molar-refractivity contribution in [2.24, 2.45) is 0 Å². The fraction of sp³-hybridized carbons (Fsp3) is 0.900. The molecule has 0 aromatic heterocycles. The van der Waals surface area contributed by atoms with Gasteiger partial charge in [0.15, 0.2) is 0 Å². The van der Waals surface area contributed by atoms with E-state index in [4.69, 9.17) is 5.11 Å². The summed E-state index contributed by atoms with van der Waals surface area (Å²) < 4.78 is 0. The van der Waals surface area contributed by atoms with Crippen LogP contribution < -0.4 is 0 Å². The highest BCUT2D eigenvalue weighted by Crippen LogP contribution is 2.27. The van der Waals surface area contributed by atoms with Crippen molar-refractivity contribution in [2.45, 2.75) is 31.3 Å². The van der Waals surface area contributed by atoms with E-state index in [0.717, 1.165) is 13.1 Å². The standard InChI is InChI=1S/C10H18N2O2/c1-11-5-6-12(8-3-2-4-8)9(7-11)10(13)14/h8-9H,2-7H2,1H3,(H,13,14). The average molecular weight is 198 g/mol. The number of carboxylic acid groups (broad SMARTS) is 1. The van der Waals surface area contributed by atoms with E-state index in [1.807, 2.05) is 7.05 Å². The second-order valence-electron chi connectivity index (χ2n) is 4.44. The number of nitrogens with zero attached hydrogens (tertiary/aromatic N) is 2. The molecular weight excluding hydrogens is 180 g/mol. The summed E-state index contributed by atoms with van der Waals surface area (Å²) in [6.07, 6.45) is 3.64. The molecule has 2 rings (SSSR count). The van der Waals surface area contributed by atoms with Crippen LogP contribution in [0.5, 0.6) is 0 Å². The third-order valence-corrected chi connectivity index (χ3v) is 3.45. The van der Waals surface area contributed by atoms with Crippen molar-refractivity contribution in [3.63, 3.8) is 0 Å². The maximum atomic E-state index is 11.1. The minimum Gasteiger partial charge on any atom is -0.480 e. The minimum absolute atomic E-state index is 0.279. The van der Waals surface area contributed by atoms with Gasteiger partial charge in [-0.25, -0.2) is 0 Å². The zero-order valence-electron chi connectivity index (χ0n) is 8.65. The topological polar surface area (TPSA) is 43.8 Å². The van der Waals surface area contributed by atoms with Gasteiger partial charge in [-0.1, -0.05) is 6.42 Å². The van der Waals surface area contributed by atoms with Crippen LogP contribution >= 0.6 is 0 Å². The number of piperazine rings is 1. The fourth-order valence-electron chi connectivity index (χ4n) is 2.31. The smallest absolute Gasteiger partial charge is 0.322 e. The first-order valence-electron chi connectivity index (χ1n) is 5.35. The largest absolute Gasteiger partial charge is 0.480 e. The van der Waals surface area contributed by atoms with Crippen LogP contribution in [0.15, 0.2) is 0 Å². The molecule has 14 heavy (non-hydrogen) atoms. The number of likely N-dealkylation sites (N-methyl/N-ethyl adjacent to an activating group) is 1. The summed E-state index contributed by atoms with van der Waals surface area (Å²) in [5.74, 6) is -0.663. The van der Waals surface area contributed by atoms with Gasteiger partial charge in [0.2, 0.25) is 0 Å². The van der Waals surface area contributed by atoms with Gasteiger partial charge in [-0.3, -0.25) is 9.69 Å². The molecule has 4 nitrogen and oxygen atoms in total. The molecule has 1 saturated heterocycles. The van der Waals surface area contributed by atoms with Crippen molar-refractivity contribution in [1.29, 1.82) is 0 Å². The molecule has 2 aliphatic rings. The van der Waals surface area contributed by atoms with Crippen LogP contribution in [0.3, 0.4) is 0 Å². The van der Waals surface area contributed by atoms with Gasteiger partial charge < -0.3 is 10.0 Å². The zero-order valence-corrected chi connectivity index (χ0v) is 8.65. The highest BCUT2D eigenvalue weighted by Gasteiger charge is 2.37. The highest BCUT2D eigenvalue weighted by atomic mass is 16.4. The van der Waals surface area contributed by atoms with E-state index in [1.54, 1.807) is 0 Å². The van der Waals surface area contributed by atoms with Crippen LogP contribution in [0.1, 0.15) is 19.3 Å². The molecular formula is C10H18N2O2.